The summed E-state index contributed by atoms with van der Waals surface area (Å²) in [5.41, 5.74) is 8.17. The minimum absolute atomic E-state index is 0.143. The second-order valence-corrected chi connectivity index (χ2v) is 5.19. The number of nitrogens with two attached hydrogens (primary N) is 1. The molecule has 3 rings (SSSR count). The molecule has 0 atom stereocenters. The molecule has 1 fully saturated rings. The molecular weight excluding hydrogens is 266 g/mol. The first-order valence-electron chi connectivity index (χ1n) is 6.81. The number of aromatic nitrogens is 1. The molecule has 0 unspecified atom stereocenters. The molecule has 0 radical (unpaired) electrons. The van der Waals surface area contributed by atoms with Crippen LogP contribution in [0.1, 0.15) is 40.5 Å². The Morgan fingerprint density at radius 2 is 2.24 bits per heavy atom. The Labute approximate surface area is 122 Å². The number of nitrogen functional groups attached to an aromatic ring is 1. The number of hydrogen-bond acceptors (Lipinski definition) is 4. The average molecular weight is 281 g/mol. The highest BCUT2D eigenvalue weighted by molar-refractivity contribution is 5.89. The predicted octanol–water partition coefficient (Wildman–Crippen LogP) is 2.63. The number of benzene rings is 1. The van der Waals surface area contributed by atoms with Crippen molar-refractivity contribution in [3.05, 3.63) is 53.3 Å². The summed E-state index contributed by atoms with van der Waals surface area (Å²) in [5.74, 6) is -0.388. The summed E-state index contributed by atoms with van der Waals surface area (Å²) in [5, 5.41) is 8.85. The molecule has 0 amide bonds. The van der Waals surface area contributed by atoms with Crippen LogP contribution in [0.5, 0.6) is 0 Å². The predicted molar refractivity (Wildman–Crippen MR) is 77.4 cm³/mol. The van der Waals surface area contributed by atoms with Gasteiger partial charge in [-0.15, -0.1) is 0 Å². The van der Waals surface area contributed by atoms with Gasteiger partial charge in [-0.3, -0.25) is 0 Å². The highest BCUT2D eigenvalue weighted by Gasteiger charge is 2.28. The number of anilines is 1. The molecule has 5 heteroatoms. The van der Waals surface area contributed by atoms with Crippen molar-refractivity contribution in [2.45, 2.75) is 25.5 Å². The lowest BCUT2D eigenvalue weighted by Gasteiger charge is -2.08. The van der Waals surface area contributed by atoms with Gasteiger partial charge in [-0.05, 0) is 36.6 Å². The van der Waals surface area contributed by atoms with Crippen LogP contribution in [0.2, 0.25) is 0 Å². The molecule has 5 nitrogen and oxygen atoms in total. The SMILES string of the molecule is N#Cc1cccc(COC(=O)c2cc(N)cn2C2CC2)c1. The van der Waals surface area contributed by atoms with E-state index in [9.17, 15) is 4.79 Å². The number of ether oxygens (including phenoxy) is 1. The molecule has 1 aromatic heterocycles. The summed E-state index contributed by atoms with van der Waals surface area (Å²) in [7, 11) is 0. The third kappa shape index (κ3) is 2.90. The van der Waals surface area contributed by atoms with Crippen LogP contribution in [-0.4, -0.2) is 10.5 Å². The summed E-state index contributed by atoms with van der Waals surface area (Å²) in [6, 6.07) is 11.1. The molecule has 1 aromatic carbocycles. The van der Waals surface area contributed by atoms with Crippen LogP contribution >= 0.6 is 0 Å². The second-order valence-electron chi connectivity index (χ2n) is 5.19. The minimum Gasteiger partial charge on any atom is -0.456 e. The van der Waals surface area contributed by atoms with Gasteiger partial charge in [0.15, 0.2) is 0 Å². The zero-order valence-electron chi connectivity index (χ0n) is 11.5. The Morgan fingerprint density at radius 1 is 1.43 bits per heavy atom. The van der Waals surface area contributed by atoms with Crippen LogP contribution in [0.3, 0.4) is 0 Å². The van der Waals surface area contributed by atoms with Crippen LogP contribution in [0.4, 0.5) is 5.69 Å². The van der Waals surface area contributed by atoms with E-state index in [4.69, 9.17) is 15.7 Å². The van der Waals surface area contributed by atoms with Gasteiger partial charge in [0.1, 0.15) is 12.3 Å². The van der Waals surface area contributed by atoms with Gasteiger partial charge in [-0.1, -0.05) is 12.1 Å². The Morgan fingerprint density at radius 3 is 2.95 bits per heavy atom. The molecular formula is C16H15N3O2. The number of nitriles is 1. The lowest BCUT2D eigenvalue weighted by molar-refractivity contribution is 0.0460. The topological polar surface area (TPSA) is 81.0 Å². The standard InChI is InChI=1S/C16H15N3O2/c17-8-11-2-1-3-12(6-11)10-21-16(20)15-7-13(18)9-19(15)14-4-5-14/h1-3,6-7,9,14H,4-5,10,18H2. The number of carbonyl (C=O) groups excluding carboxylic acids is 1. The number of rotatable bonds is 4. The molecule has 1 aliphatic carbocycles. The fourth-order valence-corrected chi connectivity index (χ4v) is 2.27. The van der Waals surface area contributed by atoms with Crippen LogP contribution in [0.15, 0.2) is 36.5 Å². The first-order chi connectivity index (χ1) is 10.2. The van der Waals surface area contributed by atoms with Crippen LogP contribution in [-0.2, 0) is 11.3 Å². The van der Waals surface area contributed by atoms with Crippen molar-refractivity contribution in [3.8, 4) is 6.07 Å². The Hall–Kier alpha value is -2.74. The average Bonchev–Trinajstić information content (AvgIpc) is 3.27. The van der Waals surface area contributed by atoms with Crippen LogP contribution < -0.4 is 5.73 Å². The number of esters is 1. The minimum atomic E-state index is -0.388. The van der Waals surface area contributed by atoms with Crippen molar-refractivity contribution in [3.63, 3.8) is 0 Å². The van der Waals surface area contributed by atoms with Gasteiger partial charge in [0.25, 0.3) is 0 Å². The zero-order valence-corrected chi connectivity index (χ0v) is 11.5. The van der Waals surface area contributed by atoms with Gasteiger partial charge >= 0.3 is 5.97 Å². The monoisotopic (exact) mass is 281 g/mol. The molecule has 106 valence electrons. The van der Waals surface area contributed by atoms with E-state index in [-0.39, 0.29) is 12.6 Å². The summed E-state index contributed by atoms with van der Waals surface area (Å²) in [4.78, 5) is 12.2. The van der Waals surface area contributed by atoms with E-state index < -0.39 is 0 Å². The van der Waals surface area contributed by atoms with Gasteiger partial charge in [0.2, 0.25) is 0 Å². The maximum atomic E-state index is 12.2. The van der Waals surface area contributed by atoms with Crippen molar-refractivity contribution in [1.29, 1.82) is 5.26 Å². The third-order valence-electron chi connectivity index (χ3n) is 3.45. The van der Waals surface area contributed by atoms with E-state index in [0.717, 1.165) is 18.4 Å². The maximum Gasteiger partial charge on any atom is 0.355 e. The molecule has 2 aromatic rings. The highest BCUT2D eigenvalue weighted by atomic mass is 16.5. The lowest BCUT2D eigenvalue weighted by atomic mass is 10.1. The lowest BCUT2D eigenvalue weighted by Crippen LogP contribution is -2.11. The van der Waals surface area contributed by atoms with Gasteiger partial charge in [-0.2, -0.15) is 5.26 Å². The smallest absolute Gasteiger partial charge is 0.355 e. The normalized spacial score (nSPS) is 13.7. The van der Waals surface area contributed by atoms with Crippen molar-refractivity contribution in [1.82, 2.24) is 4.57 Å². The second kappa shape index (κ2) is 5.33. The summed E-state index contributed by atoms with van der Waals surface area (Å²) < 4.78 is 7.21. The molecule has 2 N–H and O–H groups in total. The van der Waals surface area contributed by atoms with Crippen molar-refractivity contribution >= 4 is 11.7 Å². The van der Waals surface area contributed by atoms with Crippen LogP contribution in [0.25, 0.3) is 0 Å². The molecule has 0 spiro atoms. The molecule has 21 heavy (non-hydrogen) atoms. The fourth-order valence-electron chi connectivity index (χ4n) is 2.27. The first-order valence-corrected chi connectivity index (χ1v) is 6.81. The molecule has 1 aliphatic rings. The van der Waals surface area contributed by atoms with Gasteiger partial charge in [-0.25, -0.2) is 4.79 Å². The third-order valence-corrected chi connectivity index (χ3v) is 3.45. The van der Waals surface area contributed by atoms with E-state index in [1.807, 2.05) is 10.6 Å². The molecule has 0 aliphatic heterocycles. The molecule has 0 bridgehead atoms. The summed E-state index contributed by atoms with van der Waals surface area (Å²) in [6.45, 7) is 0.143. The maximum absolute atomic E-state index is 12.2. The molecule has 1 heterocycles. The zero-order chi connectivity index (χ0) is 14.8. The van der Waals surface area contributed by atoms with E-state index in [1.165, 1.54) is 0 Å². The van der Waals surface area contributed by atoms with Crippen LogP contribution in [0, 0.1) is 11.3 Å². The number of carbonyl (C=O) groups is 1. The highest BCUT2D eigenvalue weighted by Crippen LogP contribution is 2.37. The Bertz CT molecular complexity index is 723. The Kier molecular flexibility index (Phi) is 3.36. The van der Waals surface area contributed by atoms with Crippen molar-refractivity contribution < 1.29 is 9.53 Å². The van der Waals surface area contributed by atoms with Crippen molar-refractivity contribution in [2.24, 2.45) is 0 Å². The first kappa shape index (κ1) is 13.3. The van der Waals surface area contributed by atoms with E-state index in [0.29, 0.717) is 23.0 Å². The molecule has 0 saturated heterocycles. The Balaban J connectivity index is 1.70. The largest absolute Gasteiger partial charge is 0.456 e. The van der Waals surface area contributed by atoms with E-state index in [1.54, 1.807) is 30.5 Å². The quantitative estimate of drug-likeness (QED) is 0.873. The fraction of sp³-hybridized carbons (Fsp3) is 0.250. The van der Waals surface area contributed by atoms with Gasteiger partial charge in [0.05, 0.1) is 17.3 Å². The summed E-state index contributed by atoms with van der Waals surface area (Å²) >= 11 is 0. The molecule has 1 saturated carbocycles. The van der Waals surface area contributed by atoms with E-state index >= 15 is 0 Å². The summed E-state index contributed by atoms with van der Waals surface area (Å²) in [6.07, 6.45) is 3.92. The van der Waals surface area contributed by atoms with Gasteiger partial charge in [0, 0.05) is 12.2 Å². The number of hydrogen-bond donors (Lipinski definition) is 1. The number of nitrogens with zero attached hydrogens (tertiary/aromatic N) is 2. The van der Waals surface area contributed by atoms with Gasteiger partial charge < -0.3 is 15.0 Å². The van der Waals surface area contributed by atoms with Crippen molar-refractivity contribution in [2.75, 3.05) is 5.73 Å². The van der Waals surface area contributed by atoms with E-state index in [2.05, 4.69) is 6.07 Å².